The van der Waals surface area contributed by atoms with Crippen LogP contribution in [0.3, 0.4) is 0 Å². The Morgan fingerprint density at radius 1 is 1.06 bits per heavy atom. The fourth-order valence-electron chi connectivity index (χ4n) is 3.90. The lowest BCUT2D eigenvalue weighted by molar-refractivity contribution is 0.203. The highest BCUT2D eigenvalue weighted by molar-refractivity contribution is 5.94. The van der Waals surface area contributed by atoms with E-state index in [2.05, 4.69) is 9.89 Å². The summed E-state index contributed by atoms with van der Waals surface area (Å²) >= 11 is 0. The van der Waals surface area contributed by atoms with Crippen LogP contribution >= 0.6 is 0 Å². The molecule has 0 unspecified atom stereocenters. The smallest absolute Gasteiger partial charge is 0.187 e. The molecule has 2 aromatic carbocycles. The van der Waals surface area contributed by atoms with Crippen molar-refractivity contribution in [2.45, 2.75) is 31.7 Å². The van der Waals surface area contributed by atoms with E-state index in [1.807, 2.05) is 48.5 Å². The predicted octanol–water partition coefficient (Wildman–Crippen LogP) is 4.89. The van der Waals surface area contributed by atoms with E-state index in [1.54, 1.807) is 13.3 Å². The molecule has 1 aliphatic heterocycles. The maximum atomic E-state index is 10.3. The van der Waals surface area contributed by atoms with E-state index in [0.29, 0.717) is 11.3 Å². The van der Waals surface area contributed by atoms with Gasteiger partial charge in [-0.1, -0.05) is 12.1 Å². The number of fused-ring (bicyclic) bond motifs is 1. The largest absolute Gasteiger partial charge is 0.504 e. The molecule has 31 heavy (non-hydrogen) atoms. The summed E-state index contributed by atoms with van der Waals surface area (Å²) in [6.45, 7) is 3.92. The highest BCUT2D eigenvalue weighted by Gasteiger charge is 2.18. The molecule has 6 nitrogen and oxygen atoms in total. The number of unbranched alkanes of at least 4 members (excludes halogenated alkanes) is 1. The van der Waals surface area contributed by atoms with Crippen LogP contribution in [0, 0.1) is 0 Å². The van der Waals surface area contributed by atoms with Crippen LogP contribution in [0.2, 0.25) is 0 Å². The molecule has 0 amide bonds. The molecule has 3 aromatic rings. The number of furan rings is 1. The van der Waals surface area contributed by atoms with E-state index >= 15 is 0 Å². The molecule has 0 bridgehead atoms. The van der Waals surface area contributed by atoms with Crippen LogP contribution in [0.15, 0.2) is 57.9 Å². The Kier molecular flexibility index (Phi) is 7.10. The van der Waals surface area contributed by atoms with Crippen LogP contribution in [-0.2, 0) is 0 Å². The van der Waals surface area contributed by atoms with Crippen molar-refractivity contribution in [1.82, 2.24) is 4.90 Å². The molecule has 6 heteroatoms. The first-order valence-electron chi connectivity index (χ1n) is 11.0. The zero-order valence-electron chi connectivity index (χ0n) is 18.0. The van der Waals surface area contributed by atoms with E-state index in [4.69, 9.17) is 13.9 Å². The number of hydrogen-bond donors (Lipinski definition) is 1. The summed E-state index contributed by atoms with van der Waals surface area (Å²) in [4.78, 5) is 7.16. The molecular weight excluding hydrogens is 392 g/mol. The van der Waals surface area contributed by atoms with Gasteiger partial charge in [0, 0.05) is 13.1 Å². The van der Waals surface area contributed by atoms with Crippen LogP contribution in [0.4, 0.5) is 0 Å². The SMILES string of the molecule is COc1ccc(OCCCCN2CCC(N=Cc3oc4ccccc4c3O)CC2)cc1. The summed E-state index contributed by atoms with van der Waals surface area (Å²) in [6, 6.07) is 15.5. The van der Waals surface area contributed by atoms with Gasteiger partial charge in [0.1, 0.15) is 17.1 Å². The Morgan fingerprint density at radius 2 is 1.81 bits per heavy atom. The zero-order valence-corrected chi connectivity index (χ0v) is 18.0. The second-order valence-corrected chi connectivity index (χ2v) is 7.89. The first-order chi connectivity index (χ1) is 15.2. The molecular formula is C25H30N2O4. The summed E-state index contributed by atoms with van der Waals surface area (Å²) in [5.41, 5.74) is 0.687. The number of para-hydroxylation sites is 1. The molecule has 0 atom stereocenters. The minimum atomic E-state index is 0.175. The molecule has 1 saturated heterocycles. The van der Waals surface area contributed by atoms with Gasteiger partial charge < -0.3 is 23.9 Å². The maximum absolute atomic E-state index is 10.3. The van der Waals surface area contributed by atoms with Crippen LogP contribution in [-0.4, -0.2) is 55.6 Å². The number of methoxy groups -OCH3 is 1. The molecule has 164 valence electrons. The number of piperidine rings is 1. The van der Waals surface area contributed by atoms with Crippen molar-refractivity contribution < 1.29 is 19.0 Å². The molecule has 0 spiro atoms. The second-order valence-electron chi connectivity index (χ2n) is 7.89. The lowest BCUT2D eigenvalue weighted by Gasteiger charge is -2.30. The molecule has 2 heterocycles. The van der Waals surface area contributed by atoms with Crippen LogP contribution in [0.25, 0.3) is 11.0 Å². The van der Waals surface area contributed by atoms with Crippen molar-refractivity contribution in [3.8, 4) is 17.2 Å². The lowest BCUT2D eigenvalue weighted by Crippen LogP contribution is -2.36. The fourth-order valence-corrected chi connectivity index (χ4v) is 3.90. The van der Waals surface area contributed by atoms with Gasteiger partial charge in [-0.05, 0) is 68.6 Å². The Balaban J connectivity index is 1.14. The van der Waals surface area contributed by atoms with Crippen molar-refractivity contribution in [2.24, 2.45) is 4.99 Å². The Labute approximate surface area is 183 Å². The molecule has 1 aliphatic rings. The first kappa shape index (κ1) is 21.2. The minimum Gasteiger partial charge on any atom is -0.504 e. The molecule has 0 aliphatic carbocycles. The highest BCUT2D eigenvalue weighted by Crippen LogP contribution is 2.30. The number of ether oxygens (including phenoxy) is 2. The van der Waals surface area contributed by atoms with Crippen LogP contribution in [0.1, 0.15) is 31.4 Å². The predicted molar refractivity (Wildman–Crippen MR) is 123 cm³/mol. The maximum Gasteiger partial charge on any atom is 0.187 e. The Morgan fingerprint density at radius 3 is 2.55 bits per heavy atom. The summed E-state index contributed by atoms with van der Waals surface area (Å²) < 4.78 is 16.7. The standard InChI is InChI=1S/C25H30N2O4/c1-29-20-8-10-21(11-9-20)30-17-5-4-14-27-15-12-19(13-16-27)26-18-24-25(28)22-6-2-3-7-23(22)31-24/h2-3,6-11,18-19,28H,4-5,12-17H2,1H3. The number of aromatic hydroxyl groups is 1. The van der Waals surface area contributed by atoms with Gasteiger partial charge in [0.15, 0.2) is 11.5 Å². The van der Waals surface area contributed by atoms with E-state index < -0.39 is 0 Å². The van der Waals surface area contributed by atoms with Gasteiger partial charge in [0.25, 0.3) is 0 Å². The van der Waals surface area contributed by atoms with Crippen molar-refractivity contribution in [2.75, 3.05) is 33.4 Å². The number of aliphatic imine (C=N–C) groups is 1. The van der Waals surface area contributed by atoms with Gasteiger partial charge in [-0.25, -0.2) is 0 Å². The molecule has 0 saturated carbocycles. The van der Waals surface area contributed by atoms with Gasteiger partial charge in [-0.2, -0.15) is 0 Å². The Bertz CT molecular complexity index is 988. The molecule has 4 rings (SSSR count). The molecule has 1 N–H and O–H groups in total. The number of rotatable bonds is 9. The summed E-state index contributed by atoms with van der Waals surface area (Å²) in [7, 11) is 1.66. The van der Waals surface area contributed by atoms with Crippen molar-refractivity contribution >= 4 is 17.2 Å². The van der Waals surface area contributed by atoms with Gasteiger partial charge in [0.05, 0.1) is 31.4 Å². The van der Waals surface area contributed by atoms with E-state index in [-0.39, 0.29) is 11.8 Å². The number of likely N-dealkylation sites (tertiary alicyclic amines) is 1. The van der Waals surface area contributed by atoms with Crippen molar-refractivity contribution in [1.29, 1.82) is 0 Å². The first-order valence-corrected chi connectivity index (χ1v) is 11.0. The second kappa shape index (κ2) is 10.4. The number of nitrogens with zero attached hydrogens (tertiary/aromatic N) is 2. The van der Waals surface area contributed by atoms with Crippen LogP contribution in [0.5, 0.6) is 17.2 Å². The van der Waals surface area contributed by atoms with E-state index in [1.165, 1.54) is 0 Å². The van der Waals surface area contributed by atoms with Crippen molar-refractivity contribution in [3.05, 3.63) is 54.3 Å². The monoisotopic (exact) mass is 422 g/mol. The third-order valence-electron chi connectivity index (χ3n) is 5.75. The number of hydrogen-bond acceptors (Lipinski definition) is 6. The highest BCUT2D eigenvalue weighted by atomic mass is 16.5. The molecule has 0 radical (unpaired) electrons. The van der Waals surface area contributed by atoms with Gasteiger partial charge in [-0.15, -0.1) is 0 Å². The van der Waals surface area contributed by atoms with E-state index in [9.17, 15) is 5.11 Å². The van der Waals surface area contributed by atoms with Gasteiger partial charge >= 0.3 is 0 Å². The zero-order chi connectivity index (χ0) is 21.5. The quantitative estimate of drug-likeness (QED) is 0.393. The summed E-state index contributed by atoms with van der Waals surface area (Å²) in [5, 5.41) is 11.0. The third-order valence-corrected chi connectivity index (χ3v) is 5.75. The van der Waals surface area contributed by atoms with Crippen LogP contribution < -0.4 is 9.47 Å². The lowest BCUT2D eigenvalue weighted by atomic mass is 10.1. The summed E-state index contributed by atoms with van der Waals surface area (Å²) in [6.07, 6.45) is 5.90. The number of benzene rings is 2. The molecule has 1 aromatic heterocycles. The van der Waals surface area contributed by atoms with Gasteiger partial charge in [-0.3, -0.25) is 4.99 Å². The van der Waals surface area contributed by atoms with Gasteiger partial charge in [0.2, 0.25) is 0 Å². The normalized spacial score (nSPS) is 15.6. The summed E-state index contributed by atoms with van der Waals surface area (Å²) in [5.74, 6) is 2.35. The average molecular weight is 423 g/mol. The Hall–Kier alpha value is -2.99. The fraction of sp³-hybridized carbons (Fsp3) is 0.400. The third kappa shape index (κ3) is 5.58. The molecule has 1 fully saturated rings. The van der Waals surface area contributed by atoms with Crippen molar-refractivity contribution in [3.63, 3.8) is 0 Å². The topological polar surface area (TPSA) is 67.4 Å². The van der Waals surface area contributed by atoms with E-state index in [0.717, 1.165) is 68.8 Å². The minimum absolute atomic E-state index is 0.175. The average Bonchev–Trinajstić information content (AvgIpc) is 3.14.